The van der Waals surface area contributed by atoms with Crippen LogP contribution < -0.4 is 36.1 Å². The van der Waals surface area contributed by atoms with Crippen molar-refractivity contribution in [2.24, 2.45) is 7.05 Å². The Balaban J connectivity index is 0.000000175. The van der Waals surface area contributed by atoms with Gasteiger partial charge in [-0.25, -0.2) is 19.6 Å². The Labute approximate surface area is 508 Å². The zero-order chi connectivity index (χ0) is 60.2. The van der Waals surface area contributed by atoms with Crippen molar-refractivity contribution < 1.29 is 33.8 Å². The molecule has 26 heteroatoms. The van der Waals surface area contributed by atoms with E-state index in [-0.39, 0.29) is 93.5 Å². The molecule has 5 aromatic carbocycles. The zero-order valence-corrected chi connectivity index (χ0v) is 50.0. The number of aryl methyl sites for hydroxylation is 1. The van der Waals surface area contributed by atoms with E-state index in [0.717, 1.165) is 15.4 Å². The highest BCUT2D eigenvalue weighted by atomic mass is 35.5. The first-order valence-corrected chi connectivity index (χ1v) is 27.3. The molecule has 10 rings (SSSR count). The van der Waals surface area contributed by atoms with Crippen LogP contribution in [0.2, 0.25) is 40.4 Å². The molecule has 0 atom stereocenters. The second-order valence-electron chi connectivity index (χ2n) is 18.7. The third-order valence-corrected chi connectivity index (χ3v) is 14.2. The second kappa shape index (κ2) is 26.3. The quantitative estimate of drug-likeness (QED) is 0.0691. The maximum Gasteiger partial charge on any atom is 0.270 e. The first kappa shape index (κ1) is 62.3. The molecule has 82 heavy (non-hydrogen) atoms. The number of nitrogen functional groups attached to an aromatic ring is 1. The van der Waals surface area contributed by atoms with E-state index in [2.05, 4.69) is 25.5 Å². The predicted molar refractivity (Wildman–Crippen MR) is 319 cm³/mol. The molecular formula is C56H45Cl8N9O9. The van der Waals surface area contributed by atoms with Crippen LogP contribution in [0.4, 0.5) is 17.1 Å². The summed E-state index contributed by atoms with van der Waals surface area (Å²) >= 11 is 47.9. The number of phenolic OH excluding ortho intramolecular Hbond substituents is 1. The van der Waals surface area contributed by atoms with Gasteiger partial charge < -0.3 is 20.3 Å². The van der Waals surface area contributed by atoms with Crippen LogP contribution in [0, 0.1) is 0 Å². The Morgan fingerprint density at radius 3 is 1.29 bits per heavy atom. The lowest BCUT2D eigenvalue weighted by atomic mass is 10.1. The molecule has 5 heterocycles. The predicted octanol–water partition coefficient (Wildman–Crippen LogP) is 14.8. The fraction of sp³-hybridized carbons (Fsp3) is 0.179. The molecule has 424 valence electrons. The van der Waals surface area contributed by atoms with E-state index < -0.39 is 23.6 Å². The van der Waals surface area contributed by atoms with Crippen molar-refractivity contribution in [3.63, 3.8) is 0 Å². The highest BCUT2D eigenvalue weighted by Crippen LogP contribution is 2.43. The monoisotopic (exact) mass is 1270 g/mol. The number of hydrogen-bond donors (Lipinski definition) is 3. The summed E-state index contributed by atoms with van der Waals surface area (Å²) in [6, 6.07) is 26.5. The summed E-state index contributed by atoms with van der Waals surface area (Å²) in [7, 11) is 1.52. The van der Waals surface area contributed by atoms with Crippen molar-refractivity contribution in [3.05, 3.63) is 203 Å². The molecule has 2 aliphatic heterocycles. The van der Waals surface area contributed by atoms with Crippen molar-refractivity contribution in [2.75, 3.05) is 15.5 Å². The van der Waals surface area contributed by atoms with Gasteiger partial charge in [-0.1, -0.05) is 159 Å². The second-order valence-corrected chi connectivity index (χ2v) is 21.9. The van der Waals surface area contributed by atoms with E-state index in [9.17, 15) is 28.8 Å². The Morgan fingerprint density at radius 1 is 0.512 bits per heavy atom. The molecule has 0 saturated carbocycles. The number of anilines is 3. The lowest BCUT2D eigenvalue weighted by molar-refractivity contribution is 0.0910. The van der Waals surface area contributed by atoms with Gasteiger partial charge in [0.15, 0.2) is 27.6 Å². The van der Waals surface area contributed by atoms with Crippen LogP contribution in [0.25, 0.3) is 0 Å². The van der Waals surface area contributed by atoms with Crippen molar-refractivity contribution in [1.82, 2.24) is 30.2 Å². The minimum atomic E-state index is -0.458. The van der Waals surface area contributed by atoms with Crippen LogP contribution in [0.5, 0.6) is 29.0 Å². The number of phenols is 1. The molecule has 0 bridgehead atoms. The molecular weight excluding hydrogens is 1230 g/mol. The number of nitrogens with zero attached hydrogens (tertiary/aromatic N) is 7. The van der Waals surface area contributed by atoms with Gasteiger partial charge in [0.05, 0.1) is 63.8 Å². The number of aromatic nitrogens is 6. The van der Waals surface area contributed by atoms with Gasteiger partial charge in [0, 0.05) is 36.0 Å². The van der Waals surface area contributed by atoms with Gasteiger partial charge in [-0.3, -0.25) is 28.8 Å². The van der Waals surface area contributed by atoms with Gasteiger partial charge in [0.1, 0.15) is 0 Å². The number of imide groups is 2. The normalized spacial score (nSPS) is 12.4. The van der Waals surface area contributed by atoms with Gasteiger partial charge in [0.2, 0.25) is 11.8 Å². The van der Waals surface area contributed by atoms with Crippen LogP contribution in [0.3, 0.4) is 0 Å². The molecule has 4 amide bonds. The summed E-state index contributed by atoms with van der Waals surface area (Å²) in [4.78, 5) is 76.9. The molecule has 18 nitrogen and oxygen atoms in total. The Bertz CT molecular complexity index is 3830. The zero-order valence-electron chi connectivity index (χ0n) is 44.0. The Hall–Kier alpha value is -7.26. The van der Waals surface area contributed by atoms with Crippen LogP contribution in [0.15, 0.2) is 113 Å². The van der Waals surface area contributed by atoms with Crippen LogP contribution in [-0.2, 0) is 7.05 Å². The fourth-order valence-corrected chi connectivity index (χ4v) is 9.98. The molecule has 0 saturated heterocycles. The molecule has 4 N–H and O–H groups in total. The van der Waals surface area contributed by atoms with Crippen LogP contribution >= 0.6 is 92.8 Å². The number of carbonyl (C=O) groups is 4. The molecule has 0 spiro atoms. The van der Waals surface area contributed by atoms with Crippen molar-refractivity contribution in [2.45, 2.75) is 59.3 Å². The number of nitrogens with two attached hydrogens (primary N) is 1. The van der Waals surface area contributed by atoms with E-state index in [0.29, 0.717) is 55.3 Å². The smallest absolute Gasteiger partial charge is 0.270 e. The van der Waals surface area contributed by atoms with Crippen LogP contribution in [-0.4, -0.2) is 58.9 Å². The van der Waals surface area contributed by atoms with Crippen molar-refractivity contribution in [3.8, 4) is 29.0 Å². The molecule has 0 unspecified atom stereocenters. The largest absolute Gasteiger partial charge is 0.505 e. The lowest BCUT2D eigenvalue weighted by Gasteiger charge is -2.17. The van der Waals surface area contributed by atoms with E-state index in [4.69, 9.17) is 113 Å². The molecule has 2 aliphatic rings. The number of H-pyrrole nitrogens is 1. The number of aromatic amines is 1. The third-order valence-electron chi connectivity index (χ3n) is 12.0. The van der Waals surface area contributed by atoms with Gasteiger partial charge in [-0.2, -0.15) is 0 Å². The van der Waals surface area contributed by atoms with Gasteiger partial charge in [-0.15, -0.1) is 20.4 Å². The SMILES string of the molecule is CC(C)c1cc(Cl)nnc1Cl.CC(C)c1cc(Oc2c(Cl)cc(N3C(=O)c4ccccc4C3=O)cc2Cl)n[nH]c1=O.CC(C)c1cc(Oc2c(Cl)cc(N3C(=O)c4ccccc4C3=O)cc2Cl)nn(C)c1=O.Nc1cc(Cl)c(O)c(Cl)c1. The van der Waals surface area contributed by atoms with Gasteiger partial charge in [0.25, 0.3) is 34.7 Å². The topological polar surface area (TPSA) is 246 Å². The number of halogens is 8. The highest BCUT2D eigenvalue weighted by Gasteiger charge is 2.38. The number of ether oxygens (including phenoxy) is 2. The maximum atomic E-state index is 12.7. The van der Waals surface area contributed by atoms with Gasteiger partial charge in [-0.05, 0) is 90.0 Å². The molecule has 3 aromatic heterocycles. The summed E-state index contributed by atoms with van der Waals surface area (Å²) in [6.07, 6.45) is 0. The minimum Gasteiger partial charge on any atom is -0.505 e. The maximum absolute atomic E-state index is 12.7. The number of hydrogen-bond acceptors (Lipinski definition) is 14. The molecule has 8 aromatic rings. The van der Waals surface area contributed by atoms with E-state index >= 15 is 0 Å². The number of fused-ring (bicyclic) bond motifs is 2. The fourth-order valence-electron chi connectivity index (χ4n) is 7.91. The van der Waals surface area contributed by atoms with E-state index in [1.807, 2.05) is 41.5 Å². The highest BCUT2D eigenvalue weighted by molar-refractivity contribution is 6.41. The van der Waals surface area contributed by atoms with Crippen LogP contribution in [0.1, 0.15) is 117 Å². The number of amides is 4. The summed E-state index contributed by atoms with van der Waals surface area (Å²) < 4.78 is 12.6. The lowest BCUT2D eigenvalue weighted by Crippen LogP contribution is -2.29. The number of carbonyl (C=O) groups excluding carboxylic acids is 4. The summed E-state index contributed by atoms with van der Waals surface area (Å²) in [5.41, 5.74) is 8.92. The molecule has 0 fully saturated rings. The summed E-state index contributed by atoms with van der Waals surface area (Å²) in [5.74, 6) is -1.26. The third kappa shape index (κ3) is 13.8. The van der Waals surface area contributed by atoms with Crippen molar-refractivity contribution >= 4 is 133 Å². The van der Waals surface area contributed by atoms with Crippen molar-refractivity contribution in [1.29, 1.82) is 0 Å². The van der Waals surface area contributed by atoms with E-state index in [1.165, 1.54) is 60.3 Å². The number of nitrogens with one attached hydrogen (secondary N) is 1. The van der Waals surface area contributed by atoms with Gasteiger partial charge >= 0.3 is 0 Å². The summed E-state index contributed by atoms with van der Waals surface area (Å²) in [6.45, 7) is 11.6. The first-order valence-electron chi connectivity index (χ1n) is 24.3. The van der Waals surface area contributed by atoms with E-state index in [1.54, 1.807) is 54.6 Å². The average Bonchev–Trinajstić information content (AvgIpc) is 3.95. The Morgan fingerprint density at radius 2 is 0.902 bits per heavy atom. The number of rotatable bonds is 9. The standard InChI is InChI=1S/C22H17Cl2N3O4.C21H15Cl2N3O4.C7H8Cl2N2.C6H5Cl2NO/c1-11(2)15-10-18(25-26(3)20(15)28)31-19-16(23)8-12(9-17(19)24)27-21(29)13-6-4-5-7-14(13)22(27)30;1-10(2)14-9-17(24-25-19(14)27)30-18-15(22)7-11(8-16(18)23)26-20(28)12-5-3-4-6-13(12)21(26)29;1-4(2)5-3-6(8)10-11-7(5)9;7-4-1-3(9)2-5(8)6(4)10/h4-11H,1-3H3;3-10H,1-2H3,(H,25,27);3-4H,1-2H3;1-2,10H,9H2. The Kier molecular flexibility index (Phi) is 20.0. The minimum absolute atomic E-state index is 0.0359. The number of benzene rings is 5. The molecule has 0 aliphatic carbocycles. The number of aromatic hydroxyl groups is 1. The first-order chi connectivity index (χ1) is 38.7. The summed E-state index contributed by atoms with van der Waals surface area (Å²) in [5, 5.41) is 28.1. The molecule has 0 radical (unpaired) electrons. The average molecular weight is 1270 g/mol.